The lowest BCUT2D eigenvalue weighted by atomic mass is 10.2. The van der Waals surface area contributed by atoms with Gasteiger partial charge in [0.2, 0.25) is 0 Å². The number of aliphatic hydroxyl groups is 2. The van der Waals surface area contributed by atoms with Crippen LogP contribution in [0.4, 0.5) is 0 Å². The summed E-state index contributed by atoms with van der Waals surface area (Å²) in [6.45, 7) is 4.36. The molecule has 10 nitrogen and oxygen atoms in total. The number of aliphatic hydroxyl groups excluding tert-OH is 2. The average molecular weight is 360 g/mol. The Morgan fingerprint density at radius 1 is 0.870 bits per heavy atom. The van der Waals surface area contributed by atoms with E-state index in [0.717, 1.165) is 25.7 Å². The SMILES string of the molecule is CCCCOS(=O)(=O)OCCCC.O=C(O)C(O)C(O)C(=O)O. The number of hydrogen-bond acceptors (Lipinski definition) is 8. The Hall–Kier alpha value is -1.27. The van der Waals surface area contributed by atoms with Crippen LogP contribution in [-0.4, -0.2) is 66.2 Å². The summed E-state index contributed by atoms with van der Waals surface area (Å²) in [4.78, 5) is 19.5. The van der Waals surface area contributed by atoms with Gasteiger partial charge in [0.25, 0.3) is 0 Å². The maximum absolute atomic E-state index is 10.9. The molecule has 0 aromatic carbocycles. The molecule has 0 rings (SSSR count). The van der Waals surface area contributed by atoms with Gasteiger partial charge >= 0.3 is 22.3 Å². The molecular formula is C12H24O10S. The highest BCUT2D eigenvalue weighted by molar-refractivity contribution is 7.81. The molecule has 11 heteroatoms. The molecule has 0 aliphatic carbocycles. The first kappa shape index (κ1) is 24.0. The van der Waals surface area contributed by atoms with Gasteiger partial charge in [-0.2, -0.15) is 8.42 Å². The Kier molecular flexibility index (Phi) is 13.8. The summed E-state index contributed by atoms with van der Waals surface area (Å²) >= 11 is 0. The van der Waals surface area contributed by atoms with Gasteiger partial charge in [0.15, 0.2) is 12.2 Å². The molecular weight excluding hydrogens is 336 g/mol. The minimum atomic E-state index is -3.73. The van der Waals surface area contributed by atoms with Crippen LogP contribution in [0, 0.1) is 0 Å². The number of hydrogen-bond donors (Lipinski definition) is 4. The van der Waals surface area contributed by atoms with Crippen molar-refractivity contribution in [3.8, 4) is 0 Å². The van der Waals surface area contributed by atoms with Crippen LogP contribution >= 0.6 is 0 Å². The second kappa shape index (κ2) is 13.2. The molecule has 0 aromatic rings. The number of rotatable bonds is 11. The van der Waals surface area contributed by atoms with Crippen molar-refractivity contribution in [1.29, 1.82) is 0 Å². The van der Waals surface area contributed by atoms with E-state index < -0.39 is 34.5 Å². The highest BCUT2D eigenvalue weighted by atomic mass is 32.3. The largest absolute Gasteiger partial charge is 0.479 e. The van der Waals surface area contributed by atoms with Gasteiger partial charge in [-0.1, -0.05) is 26.7 Å². The smallest absolute Gasteiger partial charge is 0.399 e. The van der Waals surface area contributed by atoms with Crippen LogP contribution in [0.25, 0.3) is 0 Å². The van der Waals surface area contributed by atoms with Gasteiger partial charge in [-0.25, -0.2) is 18.0 Å². The first-order valence-corrected chi connectivity index (χ1v) is 8.27. The molecule has 0 heterocycles. The predicted molar refractivity (Wildman–Crippen MR) is 77.9 cm³/mol. The highest BCUT2D eigenvalue weighted by Crippen LogP contribution is 2.00. The molecule has 0 saturated heterocycles. The Balaban J connectivity index is 0. The molecule has 0 radical (unpaired) electrons. The van der Waals surface area contributed by atoms with E-state index in [9.17, 15) is 18.0 Å². The summed E-state index contributed by atoms with van der Waals surface area (Å²) in [6.07, 6.45) is -1.25. The number of carboxylic acids is 2. The fourth-order valence-corrected chi connectivity index (χ4v) is 1.63. The first-order valence-electron chi connectivity index (χ1n) is 6.94. The van der Waals surface area contributed by atoms with E-state index in [2.05, 4.69) is 8.37 Å². The summed E-state index contributed by atoms with van der Waals surface area (Å²) in [5, 5.41) is 32.5. The molecule has 23 heavy (non-hydrogen) atoms. The lowest BCUT2D eigenvalue weighted by molar-refractivity contribution is -0.165. The topological polar surface area (TPSA) is 168 Å². The number of carboxylic acid groups (broad SMARTS) is 2. The number of unbranched alkanes of at least 4 members (excludes halogenated alkanes) is 2. The average Bonchev–Trinajstić information content (AvgIpc) is 2.46. The van der Waals surface area contributed by atoms with E-state index in [0.29, 0.717) is 0 Å². The summed E-state index contributed by atoms with van der Waals surface area (Å²) in [6, 6.07) is 0. The van der Waals surface area contributed by atoms with Gasteiger partial charge in [0.05, 0.1) is 13.2 Å². The van der Waals surface area contributed by atoms with E-state index in [4.69, 9.17) is 20.4 Å². The van der Waals surface area contributed by atoms with Crippen LogP contribution in [0.2, 0.25) is 0 Å². The van der Waals surface area contributed by atoms with Gasteiger partial charge in [-0.3, -0.25) is 0 Å². The van der Waals surface area contributed by atoms with Gasteiger partial charge in [0, 0.05) is 0 Å². The van der Waals surface area contributed by atoms with E-state index in [1.54, 1.807) is 0 Å². The molecule has 0 bridgehead atoms. The van der Waals surface area contributed by atoms with E-state index in [1.165, 1.54) is 0 Å². The zero-order valence-corrected chi connectivity index (χ0v) is 13.9. The third kappa shape index (κ3) is 14.1. The van der Waals surface area contributed by atoms with Crippen LogP contribution in [-0.2, 0) is 28.4 Å². The maximum atomic E-state index is 10.9. The van der Waals surface area contributed by atoms with Crippen molar-refractivity contribution in [3.05, 3.63) is 0 Å². The van der Waals surface area contributed by atoms with E-state index >= 15 is 0 Å². The lowest BCUT2D eigenvalue weighted by Gasteiger charge is -2.07. The quantitative estimate of drug-likeness (QED) is 0.360. The first-order chi connectivity index (χ1) is 10.6. The Morgan fingerprint density at radius 3 is 1.39 bits per heavy atom. The molecule has 0 aliphatic heterocycles. The van der Waals surface area contributed by atoms with Gasteiger partial charge in [0.1, 0.15) is 0 Å². The molecule has 4 N–H and O–H groups in total. The summed E-state index contributed by atoms with van der Waals surface area (Å²) in [7, 11) is -3.73. The summed E-state index contributed by atoms with van der Waals surface area (Å²) in [5.74, 6) is -3.54. The van der Waals surface area contributed by atoms with E-state index in [-0.39, 0.29) is 13.2 Å². The zero-order valence-electron chi connectivity index (χ0n) is 13.0. The van der Waals surface area contributed by atoms with Crippen molar-refractivity contribution in [3.63, 3.8) is 0 Å². The van der Waals surface area contributed by atoms with Crippen molar-refractivity contribution in [2.45, 2.75) is 51.7 Å². The Morgan fingerprint density at radius 2 is 1.17 bits per heavy atom. The third-order valence-corrected chi connectivity index (χ3v) is 3.17. The van der Waals surface area contributed by atoms with Gasteiger partial charge in [-0.15, -0.1) is 0 Å². The van der Waals surface area contributed by atoms with Crippen LogP contribution in [0.5, 0.6) is 0 Å². The summed E-state index contributed by atoms with van der Waals surface area (Å²) < 4.78 is 31.0. The number of carbonyl (C=O) groups is 2. The van der Waals surface area contributed by atoms with Crippen LogP contribution in [0.15, 0.2) is 0 Å². The fourth-order valence-electron chi connectivity index (χ4n) is 0.915. The van der Waals surface area contributed by atoms with Gasteiger partial charge in [-0.05, 0) is 12.8 Å². The standard InChI is InChI=1S/C8H18O4S.C4H6O6/c1-3-5-7-11-13(9,10)12-8-6-4-2;5-1(3(7)8)2(6)4(9)10/h3-8H2,1-2H3;1-2,5-6H,(H,7,8)(H,9,10). The molecule has 0 amide bonds. The Bertz CT molecular complexity index is 399. The maximum Gasteiger partial charge on any atom is 0.399 e. The van der Waals surface area contributed by atoms with Crippen LogP contribution < -0.4 is 0 Å². The molecule has 0 fully saturated rings. The lowest BCUT2D eigenvalue weighted by Crippen LogP contribution is -2.39. The second-order valence-corrected chi connectivity index (χ2v) is 5.61. The normalized spacial score (nSPS) is 13.6. The fraction of sp³-hybridized carbons (Fsp3) is 0.833. The van der Waals surface area contributed by atoms with Crippen LogP contribution in [0.1, 0.15) is 39.5 Å². The Labute approximate surface area is 135 Å². The molecule has 2 atom stereocenters. The van der Waals surface area contributed by atoms with Crippen molar-refractivity contribution >= 4 is 22.3 Å². The molecule has 138 valence electrons. The monoisotopic (exact) mass is 360 g/mol. The second-order valence-electron chi connectivity index (χ2n) is 4.33. The zero-order chi connectivity index (χ0) is 18.5. The van der Waals surface area contributed by atoms with E-state index in [1.807, 2.05) is 13.8 Å². The van der Waals surface area contributed by atoms with Crippen molar-refractivity contribution in [2.75, 3.05) is 13.2 Å². The predicted octanol–water partition coefficient (Wildman–Crippen LogP) is -0.258. The molecule has 0 aromatic heterocycles. The minimum absolute atomic E-state index is 0.213. The molecule has 0 spiro atoms. The van der Waals surface area contributed by atoms with Crippen molar-refractivity contribution in [2.24, 2.45) is 0 Å². The van der Waals surface area contributed by atoms with Crippen molar-refractivity contribution < 1.29 is 46.8 Å². The van der Waals surface area contributed by atoms with Crippen LogP contribution in [0.3, 0.4) is 0 Å². The molecule has 2 unspecified atom stereocenters. The van der Waals surface area contributed by atoms with Gasteiger partial charge < -0.3 is 20.4 Å². The molecule has 0 saturated carbocycles. The summed E-state index contributed by atoms with van der Waals surface area (Å²) in [5.41, 5.74) is 0. The number of aliphatic carboxylic acids is 2. The highest BCUT2D eigenvalue weighted by Gasteiger charge is 2.29. The van der Waals surface area contributed by atoms with Crippen molar-refractivity contribution in [1.82, 2.24) is 0 Å². The molecule has 0 aliphatic rings. The minimum Gasteiger partial charge on any atom is -0.479 e. The third-order valence-electron chi connectivity index (χ3n) is 2.26.